The summed E-state index contributed by atoms with van der Waals surface area (Å²) in [4.78, 5) is 62.3. The van der Waals surface area contributed by atoms with Crippen molar-refractivity contribution in [2.24, 2.45) is 0 Å². The normalized spacial score (nSPS) is 11.3. The van der Waals surface area contributed by atoms with Crippen molar-refractivity contribution in [3.63, 3.8) is 0 Å². The minimum Gasteiger partial charge on any atom is -0.495 e. The lowest BCUT2D eigenvalue weighted by Crippen LogP contribution is -2.34. The number of nitrogens with one attached hydrogen (secondary N) is 2. The van der Waals surface area contributed by atoms with Crippen LogP contribution in [0.25, 0.3) is 11.1 Å². The van der Waals surface area contributed by atoms with E-state index in [-0.39, 0.29) is 29.4 Å². The lowest BCUT2D eigenvalue weighted by Gasteiger charge is -2.22. The van der Waals surface area contributed by atoms with Crippen LogP contribution in [0.1, 0.15) is 46.2 Å². The van der Waals surface area contributed by atoms with Gasteiger partial charge in [0.05, 0.1) is 18.9 Å². The zero-order valence-corrected chi connectivity index (χ0v) is 24.3. The predicted molar refractivity (Wildman–Crippen MR) is 163 cm³/mol. The molecule has 3 N–H and O–H groups in total. The Hall–Kier alpha value is -5.22. The Bertz CT molecular complexity index is 1760. The van der Waals surface area contributed by atoms with Gasteiger partial charge in [0, 0.05) is 46.9 Å². The lowest BCUT2D eigenvalue weighted by molar-refractivity contribution is -0.119. The van der Waals surface area contributed by atoms with E-state index in [9.17, 15) is 29.1 Å². The van der Waals surface area contributed by atoms with Gasteiger partial charge in [0.1, 0.15) is 11.8 Å². The number of aromatic carboxylic acids is 1. The largest absolute Gasteiger partial charge is 0.495 e. The molecule has 11 heteroatoms. The highest BCUT2D eigenvalue weighted by Crippen LogP contribution is 2.34. The molecule has 0 bridgehead atoms. The molecule has 0 aliphatic rings. The van der Waals surface area contributed by atoms with Crippen molar-refractivity contribution >= 4 is 46.5 Å². The number of ketones is 1. The second-order valence-corrected chi connectivity index (χ2v) is 10.2. The number of nitrogens with zero attached hydrogens (tertiary/aromatic N) is 1. The van der Waals surface area contributed by atoms with Crippen molar-refractivity contribution in [2.45, 2.75) is 26.3 Å². The van der Waals surface area contributed by atoms with E-state index in [0.29, 0.717) is 38.7 Å². The number of pyridine rings is 1. The maximum atomic E-state index is 13.7. The zero-order chi connectivity index (χ0) is 31.3. The molecule has 0 saturated heterocycles. The molecular formula is C32H28ClN3O7. The summed E-state index contributed by atoms with van der Waals surface area (Å²) in [5.41, 5.74) is 2.20. The Morgan fingerprint density at radius 2 is 1.51 bits per heavy atom. The van der Waals surface area contributed by atoms with Gasteiger partial charge in [0.15, 0.2) is 5.78 Å². The highest BCUT2D eigenvalue weighted by Gasteiger charge is 2.25. The molecule has 1 aromatic heterocycles. The number of carbonyl (C=O) groups is 4. The number of carbonyl (C=O) groups excluding carboxylic acids is 3. The lowest BCUT2D eigenvalue weighted by atomic mass is 9.97. The number of amides is 2. The van der Waals surface area contributed by atoms with Crippen molar-refractivity contribution in [3.8, 4) is 16.9 Å². The number of aromatic nitrogens is 1. The van der Waals surface area contributed by atoms with Crippen LogP contribution in [0.3, 0.4) is 0 Å². The molecule has 4 aromatic rings. The maximum absolute atomic E-state index is 13.7. The Morgan fingerprint density at radius 3 is 2.09 bits per heavy atom. The smallest absolute Gasteiger partial charge is 0.335 e. The van der Waals surface area contributed by atoms with Crippen molar-refractivity contribution in [2.75, 3.05) is 17.7 Å². The quantitative estimate of drug-likeness (QED) is 0.205. The van der Waals surface area contributed by atoms with Gasteiger partial charge in [-0.3, -0.25) is 23.7 Å². The molecule has 3 aromatic carbocycles. The zero-order valence-electron chi connectivity index (χ0n) is 23.5. The van der Waals surface area contributed by atoms with Gasteiger partial charge in [-0.25, -0.2) is 4.79 Å². The van der Waals surface area contributed by atoms with Gasteiger partial charge in [-0.2, -0.15) is 0 Å². The number of carboxylic acids is 1. The molecular weight excluding hydrogens is 574 g/mol. The second-order valence-electron chi connectivity index (χ2n) is 9.72. The third-order valence-electron chi connectivity index (χ3n) is 6.66. The van der Waals surface area contributed by atoms with Crippen LogP contribution in [0.2, 0.25) is 5.02 Å². The third kappa shape index (κ3) is 7.35. The highest BCUT2D eigenvalue weighted by molar-refractivity contribution is 6.31. The van der Waals surface area contributed by atoms with Gasteiger partial charge in [-0.05, 0) is 72.6 Å². The molecule has 0 aliphatic heterocycles. The van der Waals surface area contributed by atoms with Crippen LogP contribution in [-0.2, 0) is 16.0 Å². The number of ether oxygens (including phenoxy) is 1. The second kappa shape index (κ2) is 13.2. The molecule has 10 nitrogen and oxygen atoms in total. The molecule has 0 saturated carbocycles. The Balaban J connectivity index is 1.78. The first-order valence-electron chi connectivity index (χ1n) is 13.1. The number of hydrogen-bond acceptors (Lipinski definition) is 6. The number of halogens is 1. The van der Waals surface area contributed by atoms with Gasteiger partial charge < -0.3 is 20.5 Å². The minimum atomic E-state index is -1.11. The van der Waals surface area contributed by atoms with E-state index < -0.39 is 23.5 Å². The summed E-state index contributed by atoms with van der Waals surface area (Å²) in [6.07, 6.45) is 1.49. The van der Waals surface area contributed by atoms with Gasteiger partial charge in [-0.1, -0.05) is 23.7 Å². The first-order valence-corrected chi connectivity index (χ1v) is 13.5. The molecule has 1 atom stereocenters. The Morgan fingerprint density at radius 1 is 0.884 bits per heavy atom. The minimum absolute atomic E-state index is 0.0521. The first kappa shape index (κ1) is 30.7. The molecule has 0 fully saturated rings. The van der Waals surface area contributed by atoms with Crippen LogP contribution in [0.15, 0.2) is 83.8 Å². The number of Topliss-reactive ketones (excluding diaryl/α,β-unsaturated/α-hetero) is 1. The molecule has 0 spiro atoms. The fourth-order valence-electron chi connectivity index (χ4n) is 4.58. The SMILES string of the molecule is COc1cn(C(Cc2ccc(NC(C)=O)cc2)C(=O)Nc2ccc(C(=O)O)cc2)c(=O)cc1-c1cc(Cl)ccc1C(C)=O. The Kier molecular flexibility index (Phi) is 9.42. The Labute approximate surface area is 251 Å². The molecule has 220 valence electrons. The van der Waals surface area contributed by atoms with Crippen molar-refractivity contribution < 1.29 is 29.0 Å². The van der Waals surface area contributed by atoms with E-state index >= 15 is 0 Å². The maximum Gasteiger partial charge on any atom is 0.335 e. The van der Waals surface area contributed by atoms with E-state index in [1.54, 1.807) is 42.5 Å². The van der Waals surface area contributed by atoms with Crippen molar-refractivity contribution in [1.82, 2.24) is 4.57 Å². The number of hydrogen-bond donors (Lipinski definition) is 3. The summed E-state index contributed by atoms with van der Waals surface area (Å²) < 4.78 is 6.85. The van der Waals surface area contributed by atoms with Gasteiger partial charge in [0.2, 0.25) is 11.8 Å². The number of rotatable bonds is 10. The molecule has 2 amide bonds. The molecule has 43 heavy (non-hydrogen) atoms. The average Bonchev–Trinajstić information content (AvgIpc) is 2.96. The third-order valence-corrected chi connectivity index (χ3v) is 6.89. The summed E-state index contributed by atoms with van der Waals surface area (Å²) in [5, 5.41) is 15.0. The fourth-order valence-corrected chi connectivity index (χ4v) is 4.75. The number of benzene rings is 3. The van der Waals surface area contributed by atoms with Crippen LogP contribution < -0.4 is 20.9 Å². The van der Waals surface area contributed by atoms with Gasteiger partial charge >= 0.3 is 5.97 Å². The van der Waals surface area contributed by atoms with Crippen LogP contribution >= 0.6 is 11.6 Å². The molecule has 0 aliphatic carbocycles. The number of anilines is 2. The molecule has 1 heterocycles. The summed E-state index contributed by atoms with van der Waals surface area (Å²) in [6.45, 7) is 2.80. The van der Waals surface area contributed by atoms with E-state index in [4.69, 9.17) is 16.3 Å². The topological polar surface area (TPSA) is 144 Å². The van der Waals surface area contributed by atoms with E-state index in [2.05, 4.69) is 10.6 Å². The van der Waals surface area contributed by atoms with E-state index in [1.165, 1.54) is 62.1 Å². The monoisotopic (exact) mass is 601 g/mol. The molecule has 0 radical (unpaired) electrons. The van der Waals surface area contributed by atoms with E-state index in [1.807, 2.05) is 0 Å². The van der Waals surface area contributed by atoms with E-state index in [0.717, 1.165) is 0 Å². The van der Waals surface area contributed by atoms with Gasteiger partial charge in [0.25, 0.3) is 5.56 Å². The van der Waals surface area contributed by atoms with Crippen LogP contribution in [0.4, 0.5) is 11.4 Å². The van der Waals surface area contributed by atoms with Crippen LogP contribution in [-0.4, -0.2) is 40.4 Å². The fraction of sp³-hybridized carbons (Fsp3) is 0.156. The first-order chi connectivity index (χ1) is 20.5. The summed E-state index contributed by atoms with van der Waals surface area (Å²) in [7, 11) is 1.41. The number of methoxy groups -OCH3 is 1. The molecule has 1 unspecified atom stereocenters. The van der Waals surface area contributed by atoms with Crippen molar-refractivity contribution in [1.29, 1.82) is 0 Å². The standard InChI is InChI=1S/C32H28ClN3O7/c1-18(37)25-13-8-22(33)15-26(25)27-16-30(39)36(17-29(27)43-3)28(14-20-4-9-23(10-5-20)34-19(2)38)31(40)35-24-11-6-21(7-12-24)32(41)42/h4-13,15-17,28H,14H2,1-3H3,(H,34,38)(H,35,40)(H,41,42). The summed E-state index contributed by atoms with van der Waals surface area (Å²) in [6, 6.07) is 17.4. The number of carboxylic acid groups (broad SMARTS) is 1. The van der Waals surface area contributed by atoms with Crippen LogP contribution in [0, 0.1) is 0 Å². The summed E-state index contributed by atoms with van der Waals surface area (Å²) in [5.74, 6) is -1.88. The highest BCUT2D eigenvalue weighted by atomic mass is 35.5. The summed E-state index contributed by atoms with van der Waals surface area (Å²) >= 11 is 6.22. The predicted octanol–water partition coefficient (Wildman–Crippen LogP) is 5.46. The van der Waals surface area contributed by atoms with Gasteiger partial charge in [-0.15, -0.1) is 0 Å². The van der Waals surface area contributed by atoms with Crippen molar-refractivity contribution in [3.05, 3.63) is 111 Å². The van der Waals surface area contributed by atoms with Crippen LogP contribution in [0.5, 0.6) is 5.75 Å². The average molecular weight is 602 g/mol. The molecule has 4 rings (SSSR count).